The Labute approximate surface area is 103 Å². The fourth-order valence-corrected chi connectivity index (χ4v) is 1.67. The largest absolute Gasteiger partial charge is 0.370 e. The van der Waals surface area contributed by atoms with Crippen LogP contribution in [0.1, 0.15) is 12.8 Å². The lowest BCUT2D eigenvalue weighted by molar-refractivity contribution is -0.118. The van der Waals surface area contributed by atoms with Crippen molar-refractivity contribution in [3.63, 3.8) is 0 Å². The van der Waals surface area contributed by atoms with Gasteiger partial charge in [0.15, 0.2) is 5.16 Å². The van der Waals surface area contributed by atoms with Gasteiger partial charge < -0.3 is 11.1 Å². The Hall–Kier alpha value is -1.01. The van der Waals surface area contributed by atoms with E-state index < -0.39 is 0 Å². The van der Waals surface area contributed by atoms with E-state index in [2.05, 4.69) is 15.3 Å². The summed E-state index contributed by atoms with van der Waals surface area (Å²) in [5.74, 6) is 0.362. The minimum absolute atomic E-state index is 0.299. The van der Waals surface area contributed by atoms with E-state index in [1.54, 1.807) is 6.07 Å². The molecule has 0 aliphatic carbocycles. The van der Waals surface area contributed by atoms with Crippen molar-refractivity contribution in [2.75, 3.05) is 18.1 Å². The maximum atomic E-state index is 10.5. The Balaban J connectivity index is 2.47. The zero-order valence-electron chi connectivity index (χ0n) is 8.86. The van der Waals surface area contributed by atoms with Crippen LogP contribution in [0.2, 0.25) is 5.15 Å². The predicted molar refractivity (Wildman–Crippen MR) is 65.7 cm³/mol. The monoisotopic (exact) mass is 260 g/mol. The molecule has 0 fully saturated rings. The van der Waals surface area contributed by atoms with Crippen molar-refractivity contribution in [3.05, 3.63) is 11.2 Å². The van der Waals surface area contributed by atoms with E-state index in [0.717, 1.165) is 0 Å². The summed E-state index contributed by atoms with van der Waals surface area (Å²) in [6.45, 7) is 0.629. The van der Waals surface area contributed by atoms with Gasteiger partial charge in [-0.15, -0.1) is 0 Å². The Morgan fingerprint density at radius 3 is 3.00 bits per heavy atom. The van der Waals surface area contributed by atoms with Crippen molar-refractivity contribution in [1.29, 1.82) is 0 Å². The molecule has 1 rings (SSSR count). The van der Waals surface area contributed by atoms with E-state index in [1.165, 1.54) is 11.8 Å². The van der Waals surface area contributed by atoms with Crippen molar-refractivity contribution in [2.24, 2.45) is 5.73 Å². The normalized spacial score (nSPS) is 10.1. The molecule has 16 heavy (non-hydrogen) atoms. The number of nitrogens with one attached hydrogen (secondary N) is 1. The molecule has 0 aliphatic heterocycles. The van der Waals surface area contributed by atoms with Gasteiger partial charge in [0.25, 0.3) is 0 Å². The third-order valence-electron chi connectivity index (χ3n) is 1.76. The second-order valence-electron chi connectivity index (χ2n) is 3.06. The second kappa shape index (κ2) is 6.55. The molecule has 0 unspecified atom stereocenters. The van der Waals surface area contributed by atoms with Gasteiger partial charge in [-0.05, 0) is 12.7 Å². The number of carbonyl (C=O) groups excluding carboxylic acids is 1. The number of hydrogen-bond acceptors (Lipinski definition) is 5. The number of hydrogen-bond donors (Lipinski definition) is 2. The van der Waals surface area contributed by atoms with Gasteiger partial charge in [-0.3, -0.25) is 4.79 Å². The average Bonchev–Trinajstić information content (AvgIpc) is 2.23. The molecule has 88 valence electrons. The molecule has 0 saturated carbocycles. The summed E-state index contributed by atoms with van der Waals surface area (Å²) in [7, 11) is 0. The standard InChI is InChI=1S/C9H13ClN4OS/c1-16-9-13-6(10)5-8(14-9)12-4-2-3-7(11)15/h5H,2-4H2,1H3,(H2,11,15)(H,12,13,14). The highest BCUT2D eigenvalue weighted by molar-refractivity contribution is 7.98. The van der Waals surface area contributed by atoms with Crippen molar-refractivity contribution in [1.82, 2.24) is 9.97 Å². The molecule has 0 atom stereocenters. The van der Waals surface area contributed by atoms with Gasteiger partial charge in [0.2, 0.25) is 5.91 Å². The number of thioether (sulfide) groups is 1. The maximum Gasteiger partial charge on any atom is 0.217 e. The topological polar surface area (TPSA) is 80.9 Å². The SMILES string of the molecule is CSc1nc(Cl)cc(NCCCC(N)=O)n1. The van der Waals surface area contributed by atoms with Crippen LogP contribution in [-0.4, -0.2) is 28.7 Å². The Bertz CT molecular complexity index is 375. The number of anilines is 1. The molecular weight excluding hydrogens is 248 g/mol. The molecule has 1 amide bonds. The number of amides is 1. The van der Waals surface area contributed by atoms with Crippen LogP contribution in [0.4, 0.5) is 5.82 Å². The fraction of sp³-hybridized carbons (Fsp3) is 0.444. The zero-order valence-corrected chi connectivity index (χ0v) is 10.4. The van der Waals surface area contributed by atoms with Crippen molar-refractivity contribution < 1.29 is 4.79 Å². The van der Waals surface area contributed by atoms with E-state index in [1.807, 2.05) is 6.26 Å². The fourth-order valence-electron chi connectivity index (χ4n) is 1.06. The molecule has 5 nitrogen and oxygen atoms in total. The summed E-state index contributed by atoms with van der Waals surface area (Å²) < 4.78 is 0. The van der Waals surface area contributed by atoms with Crippen molar-refractivity contribution >= 4 is 35.1 Å². The van der Waals surface area contributed by atoms with Gasteiger partial charge in [0.1, 0.15) is 11.0 Å². The van der Waals surface area contributed by atoms with Gasteiger partial charge >= 0.3 is 0 Å². The molecular formula is C9H13ClN4OS. The predicted octanol–water partition coefficient (Wildman–Crippen LogP) is 1.53. The highest BCUT2D eigenvalue weighted by Crippen LogP contribution is 2.16. The quantitative estimate of drug-likeness (QED) is 0.351. The Morgan fingerprint density at radius 1 is 1.62 bits per heavy atom. The van der Waals surface area contributed by atoms with E-state index in [-0.39, 0.29) is 5.91 Å². The van der Waals surface area contributed by atoms with Crippen molar-refractivity contribution in [2.45, 2.75) is 18.0 Å². The smallest absolute Gasteiger partial charge is 0.217 e. The van der Waals surface area contributed by atoms with Gasteiger partial charge in [-0.25, -0.2) is 9.97 Å². The lowest BCUT2D eigenvalue weighted by Crippen LogP contribution is -2.13. The van der Waals surface area contributed by atoms with E-state index in [0.29, 0.717) is 35.5 Å². The highest BCUT2D eigenvalue weighted by Gasteiger charge is 2.02. The molecule has 0 bridgehead atoms. The van der Waals surface area contributed by atoms with Crippen LogP contribution in [0, 0.1) is 0 Å². The molecule has 0 aliphatic rings. The second-order valence-corrected chi connectivity index (χ2v) is 4.22. The number of halogens is 1. The molecule has 7 heteroatoms. The third-order valence-corrected chi connectivity index (χ3v) is 2.50. The van der Waals surface area contributed by atoms with Crippen LogP contribution in [0.5, 0.6) is 0 Å². The minimum Gasteiger partial charge on any atom is -0.370 e. The molecule has 0 spiro atoms. The first-order valence-electron chi connectivity index (χ1n) is 4.72. The van der Waals surface area contributed by atoms with Gasteiger partial charge in [0.05, 0.1) is 0 Å². The maximum absolute atomic E-state index is 10.5. The lowest BCUT2D eigenvalue weighted by atomic mass is 10.3. The molecule has 1 heterocycles. The van der Waals surface area contributed by atoms with Crippen LogP contribution in [0.25, 0.3) is 0 Å². The Morgan fingerprint density at radius 2 is 2.38 bits per heavy atom. The first-order chi connectivity index (χ1) is 7.61. The first-order valence-corrected chi connectivity index (χ1v) is 6.33. The summed E-state index contributed by atoms with van der Waals surface area (Å²) >= 11 is 7.23. The van der Waals surface area contributed by atoms with Crippen LogP contribution in [0.3, 0.4) is 0 Å². The molecule has 3 N–H and O–H groups in total. The third kappa shape index (κ3) is 4.67. The van der Waals surface area contributed by atoms with Gasteiger partial charge in [0, 0.05) is 19.0 Å². The number of aromatic nitrogens is 2. The van der Waals surface area contributed by atoms with Gasteiger partial charge in [-0.1, -0.05) is 23.4 Å². The minimum atomic E-state index is -0.299. The van der Waals surface area contributed by atoms with Crippen LogP contribution < -0.4 is 11.1 Å². The molecule has 1 aromatic rings. The van der Waals surface area contributed by atoms with Crippen molar-refractivity contribution in [3.8, 4) is 0 Å². The molecule has 0 aromatic carbocycles. The molecule has 0 saturated heterocycles. The van der Waals surface area contributed by atoms with Crippen LogP contribution in [-0.2, 0) is 4.79 Å². The summed E-state index contributed by atoms with van der Waals surface area (Å²) in [4.78, 5) is 18.7. The van der Waals surface area contributed by atoms with E-state index in [9.17, 15) is 4.79 Å². The molecule has 1 aromatic heterocycles. The van der Waals surface area contributed by atoms with E-state index in [4.69, 9.17) is 17.3 Å². The first kappa shape index (κ1) is 13.1. The lowest BCUT2D eigenvalue weighted by Gasteiger charge is -2.05. The number of rotatable bonds is 6. The highest BCUT2D eigenvalue weighted by atomic mass is 35.5. The number of carbonyl (C=O) groups is 1. The van der Waals surface area contributed by atoms with E-state index >= 15 is 0 Å². The average molecular weight is 261 g/mol. The summed E-state index contributed by atoms with van der Waals surface area (Å²) in [5.41, 5.74) is 5.02. The number of nitrogens with zero attached hydrogens (tertiary/aromatic N) is 2. The van der Waals surface area contributed by atoms with Crippen LogP contribution in [0.15, 0.2) is 11.2 Å². The van der Waals surface area contributed by atoms with Gasteiger partial charge in [-0.2, -0.15) is 0 Å². The zero-order chi connectivity index (χ0) is 12.0. The summed E-state index contributed by atoms with van der Waals surface area (Å²) in [6, 6.07) is 1.64. The number of primary amides is 1. The summed E-state index contributed by atoms with van der Waals surface area (Å²) in [6.07, 6.45) is 2.91. The number of nitrogens with two attached hydrogens (primary N) is 1. The molecule has 0 radical (unpaired) electrons. The summed E-state index contributed by atoms with van der Waals surface area (Å²) in [5, 5.41) is 4.07. The Kier molecular flexibility index (Phi) is 5.34. The van der Waals surface area contributed by atoms with Crippen LogP contribution >= 0.6 is 23.4 Å².